The molecule has 0 aromatic rings. The van der Waals surface area contributed by atoms with Crippen LogP contribution in [-0.4, -0.2) is 46.4 Å². The summed E-state index contributed by atoms with van der Waals surface area (Å²) in [6.07, 6.45) is -0.0428. The fraction of sp³-hybridized carbons (Fsp3) is 0.857. The normalized spacial score (nSPS) is 31.5. The van der Waals surface area contributed by atoms with Crippen LogP contribution < -0.4 is 5.73 Å². The van der Waals surface area contributed by atoms with Gasteiger partial charge in [-0.05, 0) is 12.8 Å². The highest BCUT2D eigenvalue weighted by Gasteiger charge is 2.42. The van der Waals surface area contributed by atoms with Crippen LogP contribution in [-0.2, 0) is 0 Å². The maximum Gasteiger partial charge on any atom is 0.407 e. The van der Waals surface area contributed by atoms with Crippen LogP contribution in [0.15, 0.2) is 0 Å². The van der Waals surface area contributed by atoms with Gasteiger partial charge < -0.3 is 20.8 Å². The topological polar surface area (TPSA) is 86.8 Å². The molecule has 1 aliphatic rings. The summed E-state index contributed by atoms with van der Waals surface area (Å²) in [6, 6.07) is 0.0252. The Labute approximate surface area is 82.9 Å². The van der Waals surface area contributed by atoms with Gasteiger partial charge in [0.1, 0.15) is 0 Å². The van der Waals surface area contributed by atoms with Gasteiger partial charge in [-0.25, -0.2) is 4.79 Å². The van der Waals surface area contributed by atoms with E-state index in [4.69, 9.17) is 10.8 Å². The fourth-order valence-electron chi connectivity index (χ4n) is 1.55. The zero-order chi connectivity index (χ0) is 9.35. The zero-order valence-electron chi connectivity index (χ0n) is 7.43. The van der Waals surface area contributed by atoms with Crippen LogP contribution >= 0.6 is 12.4 Å². The van der Waals surface area contributed by atoms with Crippen molar-refractivity contribution in [2.75, 3.05) is 13.6 Å². The number of hydrogen-bond acceptors (Lipinski definition) is 3. The predicted octanol–water partition coefficient (Wildman–Crippen LogP) is -0.130. The molecule has 1 amide bonds. The summed E-state index contributed by atoms with van der Waals surface area (Å²) in [5.41, 5.74) is 4.60. The van der Waals surface area contributed by atoms with E-state index < -0.39 is 11.7 Å². The number of carbonyl (C=O) groups is 1. The lowest BCUT2D eigenvalue weighted by Crippen LogP contribution is -2.57. The predicted molar refractivity (Wildman–Crippen MR) is 50.1 cm³/mol. The van der Waals surface area contributed by atoms with E-state index in [0.717, 1.165) is 4.90 Å². The fourth-order valence-corrected chi connectivity index (χ4v) is 1.55. The van der Waals surface area contributed by atoms with Crippen molar-refractivity contribution in [1.29, 1.82) is 0 Å². The molecule has 0 aromatic carbocycles. The minimum atomic E-state index is -1.02. The van der Waals surface area contributed by atoms with Gasteiger partial charge >= 0.3 is 6.09 Å². The number of amides is 1. The van der Waals surface area contributed by atoms with E-state index in [1.165, 1.54) is 7.05 Å². The van der Waals surface area contributed by atoms with Gasteiger partial charge in [-0.1, -0.05) is 0 Å². The van der Waals surface area contributed by atoms with Crippen LogP contribution in [0.3, 0.4) is 0 Å². The third kappa shape index (κ3) is 3.02. The van der Waals surface area contributed by atoms with Crippen LogP contribution in [0, 0.1) is 0 Å². The molecule has 1 aliphatic carbocycles. The van der Waals surface area contributed by atoms with E-state index in [9.17, 15) is 9.90 Å². The molecule has 78 valence electrons. The second kappa shape index (κ2) is 4.13. The summed E-state index contributed by atoms with van der Waals surface area (Å²) in [5, 5.41) is 18.1. The lowest BCUT2D eigenvalue weighted by Gasteiger charge is -2.43. The van der Waals surface area contributed by atoms with Crippen LogP contribution in [0.5, 0.6) is 0 Å². The number of nitrogens with two attached hydrogens (primary N) is 1. The van der Waals surface area contributed by atoms with Gasteiger partial charge in [0.2, 0.25) is 0 Å². The van der Waals surface area contributed by atoms with Gasteiger partial charge in [-0.15, -0.1) is 12.4 Å². The molecular weight excluding hydrogens is 196 g/mol. The summed E-state index contributed by atoms with van der Waals surface area (Å²) in [4.78, 5) is 11.5. The summed E-state index contributed by atoms with van der Waals surface area (Å²) in [7, 11) is 1.43. The summed E-state index contributed by atoms with van der Waals surface area (Å²) >= 11 is 0. The Morgan fingerprint density at radius 1 is 1.69 bits per heavy atom. The zero-order valence-corrected chi connectivity index (χ0v) is 8.25. The maximum atomic E-state index is 10.4. The Balaban J connectivity index is 0.00000144. The first-order valence-corrected chi connectivity index (χ1v) is 3.85. The molecular formula is C7H15ClN2O3. The molecule has 1 fully saturated rings. The highest BCUT2D eigenvalue weighted by Crippen LogP contribution is 2.31. The number of likely N-dealkylation sites (N-methyl/N-ethyl adjacent to an activating group) is 1. The van der Waals surface area contributed by atoms with E-state index in [1.807, 2.05) is 0 Å². The Morgan fingerprint density at radius 2 is 2.15 bits per heavy atom. The first kappa shape index (κ1) is 12.5. The number of carboxylic acid groups (broad SMARTS) is 1. The molecule has 0 spiro atoms. The smallest absolute Gasteiger partial charge is 0.407 e. The van der Waals surface area contributed by atoms with Crippen molar-refractivity contribution in [1.82, 2.24) is 4.90 Å². The number of rotatable bonds is 2. The molecule has 0 aromatic heterocycles. The molecule has 5 nitrogen and oxygen atoms in total. The third-order valence-corrected chi connectivity index (χ3v) is 2.14. The molecule has 0 saturated heterocycles. The second-order valence-corrected chi connectivity index (χ2v) is 3.53. The number of nitrogens with zero attached hydrogens (tertiary/aromatic N) is 1. The Bertz CT molecular complexity index is 194. The lowest BCUT2D eigenvalue weighted by atomic mass is 9.76. The van der Waals surface area contributed by atoms with Gasteiger partial charge in [0.25, 0.3) is 0 Å². The average molecular weight is 211 g/mol. The highest BCUT2D eigenvalue weighted by atomic mass is 35.5. The average Bonchev–Trinajstić information content (AvgIpc) is 1.83. The summed E-state index contributed by atoms with van der Waals surface area (Å²) < 4.78 is 0. The molecule has 0 atom stereocenters. The van der Waals surface area contributed by atoms with E-state index in [0.29, 0.717) is 12.8 Å². The molecule has 0 unspecified atom stereocenters. The molecule has 1 rings (SSSR count). The van der Waals surface area contributed by atoms with Crippen molar-refractivity contribution >= 4 is 18.5 Å². The van der Waals surface area contributed by atoms with Gasteiger partial charge in [0.15, 0.2) is 0 Å². The number of aliphatic hydroxyl groups is 1. The number of halogens is 1. The van der Waals surface area contributed by atoms with Crippen molar-refractivity contribution in [3.8, 4) is 0 Å². The van der Waals surface area contributed by atoms with Crippen LogP contribution in [0.2, 0.25) is 0 Å². The van der Waals surface area contributed by atoms with Crippen LogP contribution in [0.4, 0.5) is 4.79 Å². The molecule has 13 heavy (non-hydrogen) atoms. The Hall–Kier alpha value is -0.520. The van der Waals surface area contributed by atoms with Crippen LogP contribution in [0.25, 0.3) is 0 Å². The van der Waals surface area contributed by atoms with Gasteiger partial charge in [0.05, 0.1) is 12.1 Å². The molecule has 0 heterocycles. The lowest BCUT2D eigenvalue weighted by molar-refractivity contribution is -0.0622. The first-order chi connectivity index (χ1) is 5.43. The monoisotopic (exact) mass is 210 g/mol. The third-order valence-electron chi connectivity index (χ3n) is 2.14. The molecule has 0 aliphatic heterocycles. The number of hydrogen-bond donors (Lipinski definition) is 3. The molecule has 0 bridgehead atoms. The van der Waals surface area contributed by atoms with E-state index >= 15 is 0 Å². The SMILES string of the molecule is CN(CC1(O)CC(N)C1)C(=O)O.Cl. The van der Waals surface area contributed by atoms with Crippen molar-refractivity contribution in [3.05, 3.63) is 0 Å². The summed E-state index contributed by atoms with van der Waals surface area (Å²) in [5.74, 6) is 0. The Morgan fingerprint density at radius 3 is 2.46 bits per heavy atom. The maximum absolute atomic E-state index is 10.4. The largest absolute Gasteiger partial charge is 0.465 e. The molecule has 1 saturated carbocycles. The minimum absolute atomic E-state index is 0. The van der Waals surface area contributed by atoms with Crippen molar-refractivity contribution in [2.24, 2.45) is 5.73 Å². The van der Waals surface area contributed by atoms with Gasteiger partial charge in [-0.2, -0.15) is 0 Å². The van der Waals surface area contributed by atoms with E-state index in [-0.39, 0.29) is 25.0 Å². The van der Waals surface area contributed by atoms with Crippen molar-refractivity contribution in [2.45, 2.75) is 24.5 Å². The van der Waals surface area contributed by atoms with E-state index in [1.54, 1.807) is 0 Å². The Kier molecular flexibility index (Phi) is 3.96. The highest BCUT2D eigenvalue weighted by molar-refractivity contribution is 5.85. The van der Waals surface area contributed by atoms with Gasteiger partial charge in [0, 0.05) is 13.1 Å². The second-order valence-electron chi connectivity index (χ2n) is 3.53. The van der Waals surface area contributed by atoms with Gasteiger partial charge in [-0.3, -0.25) is 0 Å². The van der Waals surface area contributed by atoms with Crippen molar-refractivity contribution in [3.63, 3.8) is 0 Å². The van der Waals surface area contributed by atoms with Crippen LogP contribution in [0.1, 0.15) is 12.8 Å². The molecule has 6 heteroatoms. The quantitative estimate of drug-likeness (QED) is 0.593. The molecule has 0 radical (unpaired) electrons. The standard InChI is InChI=1S/C7H14N2O3.ClH/c1-9(6(10)11)4-7(12)2-5(8)3-7;/h5,12H,2-4,8H2,1H3,(H,10,11);1H. The van der Waals surface area contributed by atoms with Crippen molar-refractivity contribution < 1.29 is 15.0 Å². The molecule has 4 N–H and O–H groups in total. The first-order valence-electron chi connectivity index (χ1n) is 3.85. The summed E-state index contributed by atoms with van der Waals surface area (Å²) in [6.45, 7) is 0.149. The van der Waals surface area contributed by atoms with E-state index in [2.05, 4.69) is 0 Å². The minimum Gasteiger partial charge on any atom is -0.465 e.